The molecule has 3 heterocycles. The molecule has 1 atom stereocenters. The van der Waals surface area contributed by atoms with E-state index in [2.05, 4.69) is 35.4 Å². The topological polar surface area (TPSA) is 118 Å². The van der Waals surface area contributed by atoms with Crippen molar-refractivity contribution in [1.82, 2.24) is 14.7 Å². The third-order valence-corrected chi connectivity index (χ3v) is 7.31. The highest BCUT2D eigenvalue weighted by Gasteiger charge is 2.41. The van der Waals surface area contributed by atoms with Crippen LogP contribution in [0.4, 0.5) is 11.6 Å². The zero-order valence-electron chi connectivity index (χ0n) is 18.9. The Balaban J connectivity index is 2.05. The molecule has 3 N–H and O–H groups in total. The smallest absolute Gasteiger partial charge is 0.281 e. The van der Waals surface area contributed by atoms with Crippen LogP contribution in [0.3, 0.4) is 0 Å². The Morgan fingerprint density at radius 2 is 1.87 bits per heavy atom. The molecular formula is C22H31N5O3S. The van der Waals surface area contributed by atoms with Gasteiger partial charge in [0.15, 0.2) is 5.03 Å². The molecule has 8 nitrogen and oxygen atoms in total. The number of hydrogen-bond donors (Lipinski definition) is 2. The Kier molecular flexibility index (Phi) is 5.77. The first-order valence-electron chi connectivity index (χ1n) is 10.3. The summed E-state index contributed by atoms with van der Waals surface area (Å²) in [6.07, 6.45) is 0.959. The van der Waals surface area contributed by atoms with Crippen LogP contribution in [0.5, 0.6) is 0 Å². The molecule has 1 unspecified atom stereocenters. The van der Waals surface area contributed by atoms with Crippen LogP contribution in [-0.4, -0.2) is 36.4 Å². The second-order valence-corrected chi connectivity index (χ2v) is 11.3. The maximum atomic E-state index is 13.1. The molecule has 0 aliphatic carbocycles. The zero-order chi connectivity index (χ0) is 23.2. The monoisotopic (exact) mass is 445 g/mol. The Labute approximate surface area is 184 Å². The van der Waals surface area contributed by atoms with Gasteiger partial charge in [-0.15, -0.1) is 0 Å². The van der Waals surface area contributed by atoms with Crippen LogP contribution in [0.2, 0.25) is 0 Å². The quantitative estimate of drug-likeness (QED) is 0.742. The van der Waals surface area contributed by atoms with Crippen molar-refractivity contribution in [3.05, 3.63) is 41.6 Å². The van der Waals surface area contributed by atoms with E-state index in [-0.39, 0.29) is 27.4 Å². The summed E-state index contributed by atoms with van der Waals surface area (Å²) in [7, 11) is -4.19. The van der Waals surface area contributed by atoms with Gasteiger partial charge < -0.3 is 10.6 Å². The summed E-state index contributed by atoms with van der Waals surface area (Å²) >= 11 is 0. The fraction of sp³-hybridized carbons (Fsp3) is 0.500. The van der Waals surface area contributed by atoms with Gasteiger partial charge in [0.25, 0.3) is 15.9 Å². The van der Waals surface area contributed by atoms with Gasteiger partial charge >= 0.3 is 0 Å². The van der Waals surface area contributed by atoms with E-state index in [0.717, 1.165) is 18.7 Å². The predicted octanol–water partition coefficient (Wildman–Crippen LogP) is 3.10. The number of amides is 1. The molecule has 1 aliphatic heterocycles. The molecule has 1 amide bonds. The van der Waals surface area contributed by atoms with Crippen LogP contribution in [-0.2, 0) is 15.4 Å². The summed E-state index contributed by atoms with van der Waals surface area (Å²) in [5.41, 5.74) is 6.18. The van der Waals surface area contributed by atoms with Crippen LogP contribution in [0.1, 0.15) is 64.0 Å². The number of carbonyl (C=O) groups excluding carboxylic acids is 1. The normalized spacial score (nSPS) is 18.8. The molecule has 2 aromatic heterocycles. The molecule has 0 bridgehead atoms. The number of rotatable bonds is 4. The van der Waals surface area contributed by atoms with Crippen molar-refractivity contribution in [1.29, 1.82) is 0 Å². The minimum Gasteiger partial charge on any atom is -0.384 e. The first-order chi connectivity index (χ1) is 14.2. The van der Waals surface area contributed by atoms with Gasteiger partial charge in [0, 0.05) is 23.2 Å². The van der Waals surface area contributed by atoms with Crippen molar-refractivity contribution < 1.29 is 13.2 Å². The largest absolute Gasteiger partial charge is 0.384 e. The molecule has 0 aromatic carbocycles. The fourth-order valence-electron chi connectivity index (χ4n) is 3.67. The minimum atomic E-state index is -4.19. The average Bonchev–Trinajstić information content (AvgIpc) is 2.93. The SMILES string of the molecule is CC1CCN(c2nc(C(C)(C)C)ccc2C(=O)NS(=O)(=O)c2cccc(N)n2)C1(C)C. The highest BCUT2D eigenvalue weighted by Crippen LogP contribution is 2.39. The van der Waals surface area contributed by atoms with Crippen molar-refractivity contribution in [2.75, 3.05) is 17.2 Å². The molecule has 168 valence electrons. The number of sulfonamides is 1. The van der Waals surface area contributed by atoms with Crippen LogP contribution < -0.4 is 15.4 Å². The van der Waals surface area contributed by atoms with Gasteiger partial charge in [0.1, 0.15) is 11.6 Å². The van der Waals surface area contributed by atoms with Gasteiger partial charge in [-0.2, -0.15) is 8.42 Å². The van der Waals surface area contributed by atoms with Crippen LogP contribution in [0, 0.1) is 5.92 Å². The maximum Gasteiger partial charge on any atom is 0.281 e. The van der Waals surface area contributed by atoms with Crippen molar-refractivity contribution >= 4 is 27.6 Å². The second-order valence-electron chi connectivity index (χ2n) is 9.65. The van der Waals surface area contributed by atoms with Crippen molar-refractivity contribution in [3.63, 3.8) is 0 Å². The summed E-state index contributed by atoms with van der Waals surface area (Å²) < 4.78 is 27.6. The standard InChI is InChI=1S/C22H31N5O3S/c1-14-12-13-27(22(14,5)6)19-15(10-11-16(24-19)21(2,3)4)20(28)26-31(29,30)18-9-7-8-17(23)25-18/h7-11,14H,12-13H2,1-6H3,(H2,23,25)(H,26,28). The summed E-state index contributed by atoms with van der Waals surface area (Å²) in [6, 6.07) is 7.67. The molecule has 1 saturated heterocycles. The van der Waals surface area contributed by atoms with Crippen LogP contribution in [0.25, 0.3) is 0 Å². The van der Waals surface area contributed by atoms with Crippen LogP contribution in [0.15, 0.2) is 35.4 Å². The van der Waals surface area contributed by atoms with E-state index in [1.54, 1.807) is 12.1 Å². The molecule has 0 saturated carbocycles. The maximum absolute atomic E-state index is 13.1. The molecule has 1 fully saturated rings. The molecule has 9 heteroatoms. The molecule has 0 spiro atoms. The van der Waals surface area contributed by atoms with Gasteiger partial charge in [-0.05, 0) is 50.5 Å². The molecule has 31 heavy (non-hydrogen) atoms. The summed E-state index contributed by atoms with van der Waals surface area (Å²) in [6.45, 7) is 13.3. The third-order valence-electron chi connectivity index (χ3n) is 6.08. The Morgan fingerprint density at radius 3 is 2.42 bits per heavy atom. The lowest BCUT2D eigenvalue weighted by Crippen LogP contribution is -2.44. The Bertz CT molecular complexity index is 1110. The predicted molar refractivity (Wildman–Crippen MR) is 121 cm³/mol. The zero-order valence-corrected chi connectivity index (χ0v) is 19.7. The van der Waals surface area contributed by atoms with E-state index < -0.39 is 15.9 Å². The first kappa shape index (κ1) is 23.0. The number of nitrogens with two attached hydrogens (primary N) is 1. The van der Waals surface area contributed by atoms with E-state index in [1.807, 2.05) is 20.8 Å². The Morgan fingerprint density at radius 1 is 1.19 bits per heavy atom. The van der Waals surface area contributed by atoms with Crippen molar-refractivity contribution in [2.24, 2.45) is 5.92 Å². The van der Waals surface area contributed by atoms with E-state index in [1.165, 1.54) is 18.2 Å². The molecule has 2 aromatic rings. The van der Waals surface area contributed by atoms with E-state index in [4.69, 9.17) is 10.7 Å². The lowest BCUT2D eigenvalue weighted by Gasteiger charge is -2.37. The minimum absolute atomic E-state index is 0.0556. The van der Waals surface area contributed by atoms with Gasteiger partial charge in [0.2, 0.25) is 0 Å². The number of nitrogens with zero attached hydrogens (tertiary/aromatic N) is 3. The second kappa shape index (κ2) is 7.78. The summed E-state index contributed by atoms with van der Waals surface area (Å²) in [5.74, 6) is 0.196. The Hall–Kier alpha value is -2.68. The van der Waals surface area contributed by atoms with Crippen molar-refractivity contribution in [3.8, 4) is 0 Å². The lowest BCUT2D eigenvalue weighted by atomic mass is 9.89. The number of aromatic nitrogens is 2. The van der Waals surface area contributed by atoms with Gasteiger partial charge in [-0.3, -0.25) is 4.79 Å². The van der Waals surface area contributed by atoms with Gasteiger partial charge in [0.05, 0.1) is 5.56 Å². The summed E-state index contributed by atoms with van der Waals surface area (Å²) in [4.78, 5) is 23.9. The van der Waals surface area contributed by atoms with E-state index in [9.17, 15) is 13.2 Å². The fourth-order valence-corrected chi connectivity index (χ4v) is 4.61. The number of nitrogen functional groups attached to an aromatic ring is 1. The van der Waals surface area contributed by atoms with Gasteiger partial charge in [-0.1, -0.05) is 33.8 Å². The van der Waals surface area contributed by atoms with E-state index in [0.29, 0.717) is 11.7 Å². The van der Waals surface area contributed by atoms with Crippen molar-refractivity contribution in [2.45, 2.75) is 63.9 Å². The highest BCUT2D eigenvalue weighted by molar-refractivity contribution is 7.90. The first-order valence-corrected chi connectivity index (χ1v) is 11.8. The lowest BCUT2D eigenvalue weighted by molar-refractivity contribution is 0.0981. The molecular weight excluding hydrogens is 414 g/mol. The van der Waals surface area contributed by atoms with E-state index >= 15 is 0 Å². The average molecular weight is 446 g/mol. The number of hydrogen-bond acceptors (Lipinski definition) is 7. The number of pyridine rings is 2. The van der Waals surface area contributed by atoms with Crippen LogP contribution >= 0.6 is 0 Å². The molecule has 3 rings (SSSR count). The molecule has 0 radical (unpaired) electrons. The number of carbonyl (C=O) groups is 1. The third kappa shape index (κ3) is 4.51. The summed E-state index contributed by atoms with van der Waals surface area (Å²) in [5, 5.41) is -0.309. The van der Waals surface area contributed by atoms with Gasteiger partial charge in [-0.25, -0.2) is 14.7 Å². The molecule has 1 aliphatic rings. The number of nitrogens with one attached hydrogen (secondary N) is 1. The highest BCUT2D eigenvalue weighted by atomic mass is 32.2. The number of anilines is 2.